The first kappa shape index (κ1) is 7.97. The van der Waals surface area contributed by atoms with Crippen molar-refractivity contribution in [2.75, 3.05) is 5.73 Å². The van der Waals surface area contributed by atoms with E-state index in [0.29, 0.717) is 5.95 Å². The molecule has 2 heterocycles. The van der Waals surface area contributed by atoms with Gasteiger partial charge in [-0.05, 0) is 13.3 Å². The Bertz CT molecular complexity index is 445. The Balaban J connectivity index is 2.84. The van der Waals surface area contributed by atoms with Gasteiger partial charge in [-0.2, -0.15) is 5.10 Å². The van der Waals surface area contributed by atoms with Crippen molar-refractivity contribution in [2.45, 2.75) is 20.3 Å². The van der Waals surface area contributed by atoms with Crippen LogP contribution < -0.4 is 5.73 Å². The van der Waals surface area contributed by atoms with Crippen LogP contribution in [0.5, 0.6) is 0 Å². The van der Waals surface area contributed by atoms with Crippen LogP contribution in [0, 0.1) is 6.92 Å². The van der Waals surface area contributed by atoms with Gasteiger partial charge in [0.25, 0.3) is 0 Å². The third kappa shape index (κ3) is 1.12. The van der Waals surface area contributed by atoms with Gasteiger partial charge in [-0.1, -0.05) is 6.92 Å². The second-order valence-corrected chi connectivity index (χ2v) is 2.93. The lowest BCUT2D eigenvalue weighted by Crippen LogP contribution is -1.99. The highest BCUT2D eigenvalue weighted by Gasteiger charge is 2.09. The van der Waals surface area contributed by atoms with Crippen molar-refractivity contribution in [3.63, 3.8) is 0 Å². The number of fused-ring (bicyclic) bond motifs is 1. The first-order valence-corrected chi connectivity index (χ1v) is 4.19. The SMILES string of the molecule is CCc1nc(N)nc2c(C)[nH]nc12. The summed E-state index contributed by atoms with van der Waals surface area (Å²) in [4.78, 5) is 8.23. The van der Waals surface area contributed by atoms with Crippen LogP contribution in [-0.4, -0.2) is 20.2 Å². The molecular weight excluding hydrogens is 166 g/mol. The number of anilines is 1. The summed E-state index contributed by atoms with van der Waals surface area (Å²) in [6, 6.07) is 0. The van der Waals surface area contributed by atoms with Gasteiger partial charge in [-0.25, -0.2) is 9.97 Å². The molecule has 5 heteroatoms. The third-order valence-corrected chi connectivity index (χ3v) is 2.00. The summed E-state index contributed by atoms with van der Waals surface area (Å²) in [5.41, 5.74) is 9.04. The number of aryl methyl sites for hydroxylation is 2. The Morgan fingerprint density at radius 1 is 1.31 bits per heavy atom. The average Bonchev–Trinajstić information content (AvgIpc) is 2.47. The monoisotopic (exact) mass is 177 g/mol. The number of nitrogens with one attached hydrogen (secondary N) is 1. The number of rotatable bonds is 1. The van der Waals surface area contributed by atoms with Crippen molar-refractivity contribution < 1.29 is 0 Å². The zero-order valence-corrected chi connectivity index (χ0v) is 7.63. The van der Waals surface area contributed by atoms with Crippen molar-refractivity contribution in [2.24, 2.45) is 0 Å². The van der Waals surface area contributed by atoms with Crippen molar-refractivity contribution in [1.82, 2.24) is 20.2 Å². The molecule has 2 aromatic heterocycles. The molecule has 0 unspecified atom stereocenters. The molecule has 2 rings (SSSR count). The Hall–Kier alpha value is -1.65. The normalized spacial score (nSPS) is 10.9. The molecule has 0 radical (unpaired) electrons. The van der Waals surface area contributed by atoms with E-state index in [2.05, 4.69) is 20.2 Å². The van der Waals surface area contributed by atoms with E-state index in [1.165, 1.54) is 0 Å². The van der Waals surface area contributed by atoms with Crippen LogP contribution in [0.3, 0.4) is 0 Å². The lowest BCUT2D eigenvalue weighted by atomic mass is 10.2. The fraction of sp³-hybridized carbons (Fsp3) is 0.375. The molecule has 0 saturated carbocycles. The molecule has 0 bridgehead atoms. The number of hydrogen-bond acceptors (Lipinski definition) is 4. The molecule has 0 fully saturated rings. The number of hydrogen-bond donors (Lipinski definition) is 2. The number of nitrogen functional groups attached to an aromatic ring is 1. The maximum atomic E-state index is 5.56. The number of nitrogens with zero attached hydrogens (tertiary/aromatic N) is 3. The quantitative estimate of drug-likeness (QED) is 0.675. The maximum Gasteiger partial charge on any atom is 0.220 e. The predicted octanol–water partition coefficient (Wildman–Crippen LogP) is 0.806. The second-order valence-electron chi connectivity index (χ2n) is 2.93. The van der Waals surface area contributed by atoms with E-state index in [4.69, 9.17) is 5.73 Å². The molecule has 0 aliphatic carbocycles. The molecule has 68 valence electrons. The molecule has 0 aliphatic rings. The third-order valence-electron chi connectivity index (χ3n) is 2.00. The van der Waals surface area contributed by atoms with Gasteiger partial charge in [0.2, 0.25) is 5.95 Å². The molecule has 0 saturated heterocycles. The summed E-state index contributed by atoms with van der Waals surface area (Å²) in [5.74, 6) is 0.314. The van der Waals surface area contributed by atoms with Crippen LogP contribution in [0.4, 0.5) is 5.95 Å². The van der Waals surface area contributed by atoms with Crippen molar-refractivity contribution in [3.05, 3.63) is 11.4 Å². The van der Waals surface area contributed by atoms with Gasteiger partial charge < -0.3 is 5.73 Å². The van der Waals surface area contributed by atoms with E-state index in [-0.39, 0.29) is 0 Å². The van der Waals surface area contributed by atoms with Crippen LogP contribution in [0.15, 0.2) is 0 Å². The Labute approximate surface area is 75.4 Å². The van der Waals surface area contributed by atoms with Crippen LogP contribution in [0.1, 0.15) is 18.3 Å². The summed E-state index contributed by atoms with van der Waals surface area (Å²) in [7, 11) is 0. The largest absolute Gasteiger partial charge is 0.368 e. The standard InChI is InChI=1S/C8H11N5/c1-3-5-7-6(4(2)12-13-7)11-8(9)10-5/h3H2,1-2H3,(H,12,13)(H2,9,10,11). The van der Waals surface area contributed by atoms with E-state index >= 15 is 0 Å². The van der Waals surface area contributed by atoms with Gasteiger partial charge in [0, 0.05) is 0 Å². The molecule has 3 N–H and O–H groups in total. The molecular formula is C8H11N5. The fourth-order valence-electron chi connectivity index (χ4n) is 1.34. The van der Waals surface area contributed by atoms with E-state index in [1.54, 1.807) is 0 Å². The Morgan fingerprint density at radius 2 is 2.08 bits per heavy atom. The van der Waals surface area contributed by atoms with Crippen LogP contribution in [0.25, 0.3) is 11.0 Å². The summed E-state index contributed by atoms with van der Waals surface area (Å²) >= 11 is 0. The van der Waals surface area contributed by atoms with Gasteiger partial charge >= 0.3 is 0 Å². The molecule has 2 aromatic rings. The number of nitrogens with two attached hydrogens (primary N) is 1. The fourth-order valence-corrected chi connectivity index (χ4v) is 1.34. The smallest absolute Gasteiger partial charge is 0.220 e. The molecule has 0 amide bonds. The topological polar surface area (TPSA) is 80.5 Å². The van der Waals surface area contributed by atoms with Crippen molar-refractivity contribution in [3.8, 4) is 0 Å². The summed E-state index contributed by atoms with van der Waals surface area (Å²) < 4.78 is 0. The Morgan fingerprint density at radius 3 is 2.77 bits per heavy atom. The van der Waals surface area contributed by atoms with E-state index in [1.807, 2.05) is 13.8 Å². The minimum absolute atomic E-state index is 0.314. The summed E-state index contributed by atoms with van der Waals surface area (Å²) in [5, 5.41) is 7.00. The molecule has 5 nitrogen and oxygen atoms in total. The summed E-state index contributed by atoms with van der Waals surface area (Å²) in [6.45, 7) is 3.94. The van der Waals surface area contributed by atoms with Crippen LogP contribution in [0.2, 0.25) is 0 Å². The van der Waals surface area contributed by atoms with Crippen molar-refractivity contribution >= 4 is 17.0 Å². The highest BCUT2D eigenvalue weighted by atomic mass is 15.2. The first-order chi connectivity index (χ1) is 6.22. The van der Waals surface area contributed by atoms with Gasteiger partial charge in [-0.15, -0.1) is 0 Å². The number of aromatic amines is 1. The van der Waals surface area contributed by atoms with E-state index < -0.39 is 0 Å². The lowest BCUT2D eigenvalue weighted by molar-refractivity contribution is 1.01. The predicted molar refractivity (Wildman–Crippen MR) is 50.2 cm³/mol. The summed E-state index contributed by atoms with van der Waals surface area (Å²) in [6.07, 6.45) is 0.813. The minimum atomic E-state index is 0.314. The van der Waals surface area contributed by atoms with Gasteiger partial charge in [0.1, 0.15) is 11.0 Å². The molecule has 0 spiro atoms. The minimum Gasteiger partial charge on any atom is -0.368 e. The maximum absolute atomic E-state index is 5.56. The molecule has 0 aromatic carbocycles. The average molecular weight is 177 g/mol. The van der Waals surface area contributed by atoms with Crippen LogP contribution >= 0.6 is 0 Å². The highest BCUT2D eigenvalue weighted by Crippen LogP contribution is 2.16. The first-order valence-electron chi connectivity index (χ1n) is 4.19. The van der Waals surface area contributed by atoms with Gasteiger partial charge in [0.05, 0.1) is 11.4 Å². The van der Waals surface area contributed by atoms with Gasteiger partial charge in [0.15, 0.2) is 0 Å². The second kappa shape index (κ2) is 2.69. The van der Waals surface area contributed by atoms with E-state index in [0.717, 1.165) is 28.8 Å². The highest BCUT2D eigenvalue weighted by molar-refractivity contribution is 5.79. The number of aromatic nitrogens is 4. The molecule has 13 heavy (non-hydrogen) atoms. The van der Waals surface area contributed by atoms with Crippen molar-refractivity contribution in [1.29, 1.82) is 0 Å². The lowest BCUT2D eigenvalue weighted by Gasteiger charge is -1.98. The van der Waals surface area contributed by atoms with Gasteiger partial charge in [-0.3, -0.25) is 5.10 Å². The van der Waals surface area contributed by atoms with E-state index in [9.17, 15) is 0 Å². The zero-order valence-electron chi connectivity index (χ0n) is 7.63. The van der Waals surface area contributed by atoms with Crippen LogP contribution in [-0.2, 0) is 6.42 Å². The molecule has 0 atom stereocenters. The Kier molecular flexibility index (Phi) is 1.65. The number of H-pyrrole nitrogens is 1. The molecule has 0 aliphatic heterocycles. The zero-order chi connectivity index (χ0) is 9.42.